The molecule has 86 valence electrons. The highest BCUT2D eigenvalue weighted by molar-refractivity contribution is 5.99. The van der Waals surface area contributed by atoms with E-state index in [2.05, 4.69) is 4.98 Å². The van der Waals surface area contributed by atoms with Crippen molar-refractivity contribution in [1.82, 2.24) is 4.98 Å². The molecule has 2 aromatic rings. The number of rotatable bonds is 2. The van der Waals surface area contributed by atoms with Crippen LogP contribution in [0.4, 0.5) is 11.5 Å². The third-order valence-electron chi connectivity index (χ3n) is 2.42. The highest BCUT2D eigenvalue weighted by Gasteiger charge is 2.06. The summed E-state index contributed by atoms with van der Waals surface area (Å²) in [7, 11) is 0. The molecule has 7 N–H and O–H groups in total. The molecule has 1 aromatic carbocycles. The molecule has 0 fully saturated rings. The van der Waals surface area contributed by atoms with E-state index in [-0.39, 0.29) is 11.7 Å². The van der Waals surface area contributed by atoms with Crippen molar-refractivity contribution in [3.05, 3.63) is 42.0 Å². The van der Waals surface area contributed by atoms with Gasteiger partial charge in [0.1, 0.15) is 11.7 Å². The lowest BCUT2D eigenvalue weighted by atomic mass is 10.1. The molecule has 5 nitrogen and oxygen atoms in total. The summed E-state index contributed by atoms with van der Waals surface area (Å²) in [5.74, 6) is 0.172. The van der Waals surface area contributed by atoms with Crippen molar-refractivity contribution >= 4 is 17.3 Å². The largest absolute Gasteiger partial charge is 0.399 e. The second kappa shape index (κ2) is 4.13. The molecular weight excluding hydrogens is 214 g/mol. The Hall–Kier alpha value is -2.56. The number of pyridine rings is 1. The second-order valence-corrected chi connectivity index (χ2v) is 3.66. The molecule has 17 heavy (non-hydrogen) atoms. The first-order chi connectivity index (χ1) is 8.08. The van der Waals surface area contributed by atoms with E-state index in [1.807, 2.05) is 12.1 Å². The Morgan fingerprint density at radius 3 is 2.18 bits per heavy atom. The number of nitrogen functional groups attached to an aromatic ring is 3. The molecule has 0 aliphatic heterocycles. The van der Waals surface area contributed by atoms with Crippen molar-refractivity contribution in [3.8, 4) is 11.3 Å². The van der Waals surface area contributed by atoms with Gasteiger partial charge in [0.2, 0.25) is 0 Å². The van der Waals surface area contributed by atoms with Crippen LogP contribution in [-0.4, -0.2) is 10.8 Å². The van der Waals surface area contributed by atoms with E-state index in [1.54, 1.807) is 24.3 Å². The molecule has 0 aliphatic carbocycles. The van der Waals surface area contributed by atoms with Gasteiger partial charge in [-0.15, -0.1) is 0 Å². The van der Waals surface area contributed by atoms with Gasteiger partial charge in [-0.1, -0.05) is 12.1 Å². The number of benzene rings is 1. The Labute approximate surface area is 98.8 Å². The standard InChI is InChI=1S/C12H13N5/c13-8-3-1-7(2-4-8)10-6-5-9(11(14)15)12(16)17-10/h1-6H,13H2,(H3,14,15)(H2,16,17). The molecule has 1 heterocycles. The fourth-order valence-electron chi connectivity index (χ4n) is 1.52. The average Bonchev–Trinajstić information content (AvgIpc) is 2.29. The molecule has 0 aliphatic rings. The average molecular weight is 227 g/mol. The molecule has 0 spiro atoms. The first kappa shape index (κ1) is 10.9. The molecule has 0 amide bonds. The van der Waals surface area contributed by atoms with Gasteiger partial charge in [0.25, 0.3) is 0 Å². The number of aromatic nitrogens is 1. The SMILES string of the molecule is N=C(N)c1ccc(-c2ccc(N)cc2)nc1N. The Bertz CT molecular complexity index is 560. The van der Waals surface area contributed by atoms with Gasteiger partial charge in [0.15, 0.2) is 0 Å². The van der Waals surface area contributed by atoms with Gasteiger partial charge < -0.3 is 17.2 Å². The van der Waals surface area contributed by atoms with Crippen LogP contribution in [0.1, 0.15) is 5.56 Å². The molecule has 0 radical (unpaired) electrons. The summed E-state index contributed by atoms with van der Waals surface area (Å²) in [6.45, 7) is 0. The number of nitrogens with two attached hydrogens (primary N) is 3. The van der Waals surface area contributed by atoms with Crippen LogP contribution in [0, 0.1) is 5.41 Å². The van der Waals surface area contributed by atoms with Gasteiger partial charge in [0.05, 0.1) is 11.3 Å². The maximum atomic E-state index is 7.32. The molecule has 5 heteroatoms. The summed E-state index contributed by atoms with van der Waals surface area (Å²) in [4.78, 5) is 4.21. The first-order valence-electron chi connectivity index (χ1n) is 5.05. The van der Waals surface area contributed by atoms with E-state index in [4.69, 9.17) is 22.6 Å². The summed E-state index contributed by atoms with van der Waals surface area (Å²) < 4.78 is 0. The number of hydrogen-bond donors (Lipinski definition) is 4. The zero-order chi connectivity index (χ0) is 12.4. The Kier molecular flexibility index (Phi) is 2.66. The summed E-state index contributed by atoms with van der Waals surface area (Å²) in [6, 6.07) is 10.8. The summed E-state index contributed by atoms with van der Waals surface area (Å²) in [6.07, 6.45) is 0. The summed E-state index contributed by atoms with van der Waals surface area (Å²) in [5.41, 5.74) is 19.5. The highest BCUT2D eigenvalue weighted by atomic mass is 14.9. The van der Waals surface area contributed by atoms with Crippen molar-refractivity contribution < 1.29 is 0 Å². The van der Waals surface area contributed by atoms with Crippen LogP contribution in [0.3, 0.4) is 0 Å². The Balaban J connectivity index is 2.44. The molecule has 0 saturated carbocycles. The minimum Gasteiger partial charge on any atom is -0.399 e. The molecule has 0 bridgehead atoms. The van der Waals surface area contributed by atoms with Crippen molar-refractivity contribution in [3.63, 3.8) is 0 Å². The molecule has 0 saturated heterocycles. The zero-order valence-electron chi connectivity index (χ0n) is 9.14. The third-order valence-corrected chi connectivity index (χ3v) is 2.42. The second-order valence-electron chi connectivity index (χ2n) is 3.66. The van der Waals surface area contributed by atoms with Crippen LogP contribution in [-0.2, 0) is 0 Å². The first-order valence-corrected chi connectivity index (χ1v) is 5.05. The summed E-state index contributed by atoms with van der Waals surface area (Å²) in [5, 5.41) is 7.32. The predicted molar refractivity (Wildman–Crippen MR) is 69.5 cm³/mol. The van der Waals surface area contributed by atoms with Crippen molar-refractivity contribution in [2.24, 2.45) is 5.73 Å². The molecule has 0 atom stereocenters. The van der Waals surface area contributed by atoms with Crippen LogP contribution in [0.15, 0.2) is 36.4 Å². The van der Waals surface area contributed by atoms with Gasteiger partial charge in [0, 0.05) is 11.3 Å². The number of nitrogens with one attached hydrogen (secondary N) is 1. The number of hydrogen-bond acceptors (Lipinski definition) is 4. The minimum absolute atomic E-state index is 0.0844. The molecule has 1 aromatic heterocycles. The topological polar surface area (TPSA) is 115 Å². The van der Waals surface area contributed by atoms with E-state index >= 15 is 0 Å². The lowest BCUT2D eigenvalue weighted by Gasteiger charge is -2.06. The van der Waals surface area contributed by atoms with Crippen LogP contribution in [0.5, 0.6) is 0 Å². The monoisotopic (exact) mass is 227 g/mol. The smallest absolute Gasteiger partial charge is 0.135 e. The van der Waals surface area contributed by atoms with Gasteiger partial charge >= 0.3 is 0 Å². The van der Waals surface area contributed by atoms with Crippen molar-refractivity contribution in [2.75, 3.05) is 11.5 Å². The summed E-state index contributed by atoms with van der Waals surface area (Å²) >= 11 is 0. The van der Waals surface area contributed by atoms with Gasteiger partial charge in [-0.05, 0) is 24.3 Å². The predicted octanol–water partition coefficient (Wildman–Crippen LogP) is 1.20. The van der Waals surface area contributed by atoms with Gasteiger partial charge in [-0.3, -0.25) is 5.41 Å². The lowest BCUT2D eigenvalue weighted by Crippen LogP contribution is -2.14. The lowest BCUT2D eigenvalue weighted by molar-refractivity contribution is 1.30. The van der Waals surface area contributed by atoms with Crippen LogP contribution in [0.2, 0.25) is 0 Å². The van der Waals surface area contributed by atoms with E-state index in [0.29, 0.717) is 11.3 Å². The number of amidine groups is 1. The maximum Gasteiger partial charge on any atom is 0.135 e. The molecular formula is C12H13N5. The van der Waals surface area contributed by atoms with Crippen molar-refractivity contribution in [1.29, 1.82) is 5.41 Å². The van der Waals surface area contributed by atoms with E-state index in [0.717, 1.165) is 11.3 Å². The van der Waals surface area contributed by atoms with E-state index in [9.17, 15) is 0 Å². The number of anilines is 2. The van der Waals surface area contributed by atoms with E-state index < -0.39 is 0 Å². The van der Waals surface area contributed by atoms with Crippen LogP contribution >= 0.6 is 0 Å². The molecule has 2 rings (SSSR count). The van der Waals surface area contributed by atoms with Gasteiger partial charge in [-0.25, -0.2) is 4.98 Å². The Morgan fingerprint density at radius 2 is 1.65 bits per heavy atom. The molecule has 0 unspecified atom stereocenters. The highest BCUT2D eigenvalue weighted by Crippen LogP contribution is 2.21. The zero-order valence-corrected chi connectivity index (χ0v) is 9.14. The fraction of sp³-hybridized carbons (Fsp3) is 0. The Morgan fingerprint density at radius 1 is 1.00 bits per heavy atom. The fourth-order valence-corrected chi connectivity index (χ4v) is 1.52. The normalized spacial score (nSPS) is 10.1. The van der Waals surface area contributed by atoms with Crippen molar-refractivity contribution in [2.45, 2.75) is 0 Å². The van der Waals surface area contributed by atoms with Crippen LogP contribution in [0.25, 0.3) is 11.3 Å². The number of nitrogens with zero attached hydrogens (tertiary/aromatic N) is 1. The third kappa shape index (κ3) is 2.17. The van der Waals surface area contributed by atoms with Gasteiger partial charge in [-0.2, -0.15) is 0 Å². The quantitative estimate of drug-likeness (QED) is 0.350. The van der Waals surface area contributed by atoms with E-state index in [1.165, 1.54) is 0 Å². The minimum atomic E-state index is -0.0844. The maximum absolute atomic E-state index is 7.32. The van der Waals surface area contributed by atoms with Crippen LogP contribution < -0.4 is 17.2 Å².